The number of nitrogens with zero attached hydrogens (tertiary/aromatic N) is 1. The summed E-state index contributed by atoms with van der Waals surface area (Å²) in [7, 11) is 0. The molecule has 0 fully saturated rings. The molecular formula is C17H28N4O8. The number of guanidine groups is 1. The van der Waals surface area contributed by atoms with Crippen LogP contribution in [-0.2, 0) is 19.1 Å². The Morgan fingerprint density at radius 2 is 1.97 bits per heavy atom. The van der Waals surface area contributed by atoms with Gasteiger partial charge in [-0.15, -0.1) is 0 Å². The normalized spacial score (nSPS) is 25.1. The zero-order valence-corrected chi connectivity index (χ0v) is 16.4. The molecule has 29 heavy (non-hydrogen) atoms. The molecule has 0 aromatic carbocycles. The summed E-state index contributed by atoms with van der Waals surface area (Å²) in [5, 5.41) is 43.2. The fraction of sp³-hybridized carbons (Fsp3) is 0.647. The fourth-order valence-corrected chi connectivity index (χ4v) is 2.59. The second kappa shape index (κ2) is 10.7. The minimum atomic E-state index is -1.76. The third-order valence-corrected chi connectivity index (χ3v) is 4.41. The van der Waals surface area contributed by atoms with E-state index in [4.69, 9.17) is 15.6 Å². The lowest BCUT2D eigenvalue weighted by atomic mass is 9.92. The quantitative estimate of drug-likeness (QED) is 0.164. The van der Waals surface area contributed by atoms with Gasteiger partial charge in [0.05, 0.1) is 18.7 Å². The van der Waals surface area contributed by atoms with Gasteiger partial charge in [0.1, 0.15) is 18.3 Å². The molecule has 1 rings (SSSR count). The van der Waals surface area contributed by atoms with Crippen molar-refractivity contribution >= 4 is 23.7 Å². The van der Waals surface area contributed by atoms with Crippen LogP contribution >= 0.6 is 0 Å². The van der Waals surface area contributed by atoms with Crippen LogP contribution in [-0.4, -0.2) is 81.2 Å². The van der Waals surface area contributed by atoms with Crippen LogP contribution in [0.15, 0.2) is 16.8 Å². The molecule has 12 nitrogen and oxygen atoms in total. The van der Waals surface area contributed by atoms with Gasteiger partial charge in [-0.3, -0.25) is 14.9 Å². The number of carbonyl (C=O) groups is 3. The molecule has 0 aliphatic carbocycles. The standard InChI is InChI=1S/C17H28N4O8/c1-4-7(2)15(26)21-17(18)20-9-5-11(16(27)28)29-14(12(9)19-8(3)23)13(25)10(24)6-22/h5,7,9-10,12-14,22,24-25H,4,6H2,1-3H3,(H,19,23)(H,27,28)(H3,18,20,21,26)/t7?,9-,10+,12+,13+,14+/m0/s1. The van der Waals surface area contributed by atoms with Crippen molar-refractivity contribution in [2.24, 2.45) is 16.6 Å². The zero-order valence-electron chi connectivity index (χ0n) is 16.4. The Morgan fingerprint density at radius 1 is 1.34 bits per heavy atom. The average molecular weight is 416 g/mol. The number of amides is 2. The monoisotopic (exact) mass is 416 g/mol. The zero-order chi connectivity index (χ0) is 22.3. The van der Waals surface area contributed by atoms with E-state index in [1.54, 1.807) is 6.92 Å². The van der Waals surface area contributed by atoms with Crippen LogP contribution in [0.1, 0.15) is 27.2 Å². The number of hydrogen-bond donors (Lipinski definition) is 7. The van der Waals surface area contributed by atoms with E-state index < -0.39 is 60.5 Å². The number of aliphatic hydroxyl groups excluding tert-OH is 3. The van der Waals surface area contributed by atoms with Crippen molar-refractivity contribution in [2.45, 2.75) is 57.6 Å². The first kappa shape index (κ1) is 24.3. The predicted octanol–water partition coefficient (Wildman–Crippen LogP) is -2.58. The number of hydrogen-bond acceptors (Lipinski definition) is 8. The summed E-state index contributed by atoms with van der Waals surface area (Å²) in [4.78, 5) is 39.1. The van der Waals surface area contributed by atoms with Gasteiger partial charge in [-0.05, 0) is 12.5 Å². The van der Waals surface area contributed by atoms with E-state index in [-0.39, 0.29) is 11.9 Å². The van der Waals surface area contributed by atoms with Gasteiger partial charge in [0.2, 0.25) is 17.6 Å². The van der Waals surface area contributed by atoms with Gasteiger partial charge in [0.25, 0.3) is 0 Å². The number of aliphatic imine (C=N–C) groups is 1. The van der Waals surface area contributed by atoms with Crippen LogP contribution in [0.2, 0.25) is 0 Å². The molecule has 0 bridgehead atoms. The predicted molar refractivity (Wildman–Crippen MR) is 100 cm³/mol. The number of nitrogens with two attached hydrogens (primary N) is 1. The second-order valence-corrected chi connectivity index (χ2v) is 6.69. The Hall–Kier alpha value is -2.70. The summed E-state index contributed by atoms with van der Waals surface area (Å²) < 4.78 is 5.22. The molecule has 1 unspecified atom stereocenters. The first-order valence-corrected chi connectivity index (χ1v) is 9.01. The highest BCUT2D eigenvalue weighted by molar-refractivity contribution is 5.97. The molecule has 1 aliphatic rings. The van der Waals surface area contributed by atoms with Gasteiger partial charge in [0, 0.05) is 12.8 Å². The molecule has 0 saturated heterocycles. The summed E-state index contributed by atoms with van der Waals surface area (Å²) in [6.45, 7) is 3.84. The maximum atomic E-state index is 12.0. The Labute approximate surface area is 167 Å². The Balaban J connectivity index is 3.30. The highest BCUT2D eigenvalue weighted by atomic mass is 16.5. The molecule has 2 amide bonds. The largest absolute Gasteiger partial charge is 0.478 e. The molecule has 0 aromatic rings. The van der Waals surface area contributed by atoms with E-state index >= 15 is 0 Å². The topological polar surface area (TPSA) is 204 Å². The number of aliphatic carboxylic acids is 1. The van der Waals surface area contributed by atoms with E-state index in [0.717, 1.165) is 6.08 Å². The Kier molecular flexibility index (Phi) is 9.01. The van der Waals surface area contributed by atoms with Gasteiger partial charge < -0.3 is 36.2 Å². The van der Waals surface area contributed by atoms with E-state index in [2.05, 4.69) is 15.6 Å². The third-order valence-electron chi connectivity index (χ3n) is 4.41. The molecule has 8 N–H and O–H groups in total. The van der Waals surface area contributed by atoms with Crippen LogP contribution in [0.4, 0.5) is 0 Å². The summed E-state index contributed by atoms with van der Waals surface area (Å²) in [6.07, 6.45) is -3.28. The average Bonchev–Trinajstić information content (AvgIpc) is 2.66. The van der Waals surface area contributed by atoms with E-state index in [1.807, 2.05) is 6.92 Å². The molecule has 164 valence electrons. The summed E-state index contributed by atoms with van der Waals surface area (Å²) in [6, 6.07) is -2.30. The van der Waals surface area contributed by atoms with Crippen molar-refractivity contribution in [3.63, 3.8) is 0 Å². The maximum absolute atomic E-state index is 12.0. The Bertz CT molecular complexity index is 680. The minimum Gasteiger partial charge on any atom is -0.478 e. The van der Waals surface area contributed by atoms with E-state index in [9.17, 15) is 29.7 Å². The molecule has 0 spiro atoms. The lowest BCUT2D eigenvalue weighted by molar-refractivity contribution is -0.145. The van der Waals surface area contributed by atoms with Crippen molar-refractivity contribution in [1.82, 2.24) is 10.6 Å². The molecule has 1 heterocycles. The molecule has 0 saturated carbocycles. The number of aliphatic hydroxyl groups is 3. The molecule has 12 heteroatoms. The molecule has 0 radical (unpaired) electrons. The number of ether oxygens (including phenoxy) is 1. The van der Waals surface area contributed by atoms with Crippen molar-refractivity contribution in [1.29, 1.82) is 0 Å². The van der Waals surface area contributed by atoms with E-state index in [1.165, 1.54) is 6.92 Å². The van der Waals surface area contributed by atoms with Gasteiger partial charge >= 0.3 is 5.97 Å². The number of carboxylic acid groups (broad SMARTS) is 1. The lowest BCUT2D eigenvalue weighted by Gasteiger charge is -2.38. The number of carboxylic acids is 1. The van der Waals surface area contributed by atoms with Crippen molar-refractivity contribution < 1.29 is 39.5 Å². The summed E-state index contributed by atoms with van der Waals surface area (Å²) in [5.74, 6) is -3.70. The number of nitrogens with one attached hydrogen (secondary N) is 2. The van der Waals surface area contributed by atoms with Gasteiger partial charge in [-0.25, -0.2) is 9.79 Å². The molecule has 0 aromatic heterocycles. The van der Waals surface area contributed by atoms with E-state index in [0.29, 0.717) is 6.42 Å². The fourth-order valence-electron chi connectivity index (χ4n) is 2.59. The van der Waals surface area contributed by atoms with Crippen molar-refractivity contribution in [3.8, 4) is 0 Å². The maximum Gasteiger partial charge on any atom is 0.370 e. The molecule has 1 aliphatic heterocycles. The summed E-state index contributed by atoms with van der Waals surface area (Å²) in [5.41, 5.74) is 5.76. The smallest absolute Gasteiger partial charge is 0.370 e. The molecular weight excluding hydrogens is 388 g/mol. The molecule has 6 atom stereocenters. The first-order chi connectivity index (χ1) is 13.5. The number of carbonyl (C=O) groups excluding carboxylic acids is 2. The SMILES string of the molecule is CCC(C)C(=O)NC(N)=N[C@H]1C=C(C(=O)O)O[C@@H]([C@H](O)[C@H](O)CO)[C@@H]1NC(C)=O. The van der Waals surface area contributed by atoms with Crippen LogP contribution in [0, 0.1) is 5.92 Å². The highest BCUT2D eigenvalue weighted by Gasteiger charge is 2.43. The van der Waals surface area contributed by atoms with Crippen LogP contribution in [0.25, 0.3) is 0 Å². The Morgan fingerprint density at radius 3 is 2.45 bits per heavy atom. The van der Waals surface area contributed by atoms with Crippen LogP contribution in [0.5, 0.6) is 0 Å². The van der Waals surface area contributed by atoms with Crippen LogP contribution < -0.4 is 16.4 Å². The minimum absolute atomic E-state index is 0.325. The summed E-state index contributed by atoms with van der Waals surface area (Å²) >= 11 is 0. The van der Waals surface area contributed by atoms with Crippen molar-refractivity contribution in [3.05, 3.63) is 11.8 Å². The van der Waals surface area contributed by atoms with Crippen LogP contribution in [0.3, 0.4) is 0 Å². The third kappa shape index (κ3) is 6.69. The van der Waals surface area contributed by atoms with Gasteiger partial charge in [-0.1, -0.05) is 13.8 Å². The van der Waals surface area contributed by atoms with Crippen molar-refractivity contribution in [2.75, 3.05) is 6.61 Å². The lowest BCUT2D eigenvalue weighted by Crippen LogP contribution is -2.60. The highest BCUT2D eigenvalue weighted by Crippen LogP contribution is 2.25. The second-order valence-electron chi connectivity index (χ2n) is 6.69. The van der Waals surface area contributed by atoms with Gasteiger partial charge in [-0.2, -0.15) is 0 Å². The van der Waals surface area contributed by atoms with Gasteiger partial charge in [0.15, 0.2) is 5.96 Å². The first-order valence-electron chi connectivity index (χ1n) is 9.01. The number of rotatable bonds is 8.